The molecule has 1 rings (SSSR count). The van der Waals surface area contributed by atoms with E-state index in [1.54, 1.807) is 11.8 Å². The molecule has 0 aliphatic carbocycles. The molecule has 0 saturated heterocycles. The standard InChI is InChI=1S/C14H25N3OS/c1-6-7-15-11-8-12(19-10(2)9-18)17-13(16-11)14(3,4)5/h8,10,18H,6-7,9H2,1-5H3,(H,15,16,17). The van der Waals surface area contributed by atoms with Gasteiger partial charge in [-0.2, -0.15) is 0 Å². The maximum Gasteiger partial charge on any atom is 0.137 e. The van der Waals surface area contributed by atoms with Gasteiger partial charge in [0.2, 0.25) is 0 Å². The molecule has 1 unspecified atom stereocenters. The van der Waals surface area contributed by atoms with E-state index in [1.807, 2.05) is 13.0 Å². The number of thioether (sulfide) groups is 1. The van der Waals surface area contributed by atoms with Gasteiger partial charge in [0.1, 0.15) is 16.7 Å². The minimum absolute atomic E-state index is 0.0817. The Bertz CT molecular complexity index is 404. The summed E-state index contributed by atoms with van der Waals surface area (Å²) in [6, 6.07) is 1.96. The van der Waals surface area contributed by atoms with E-state index >= 15 is 0 Å². The Hall–Kier alpha value is -0.810. The smallest absolute Gasteiger partial charge is 0.137 e. The van der Waals surface area contributed by atoms with Crippen molar-refractivity contribution in [2.45, 2.75) is 56.7 Å². The molecule has 1 heterocycles. The highest BCUT2D eigenvalue weighted by molar-refractivity contribution is 7.99. The highest BCUT2D eigenvalue weighted by Crippen LogP contribution is 2.27. The molecule has 0 aliphatic rings. The van der Waals surface area contributed by atoms with E-state index in [4.69, 9.17) is 5.11 Å². The quantitative estimate of drug-likeness (QED) is 0.620. The number of anilines is 1. The third-order valence-corrected chi connectivity index (χ3v) is 3.51. The Morgan fingerprint density at radius 3 is 2.58 bits per heavy atom. The zero-order chi connectivity index (χ0) is 14.5. The van der Waals surface area contributed by atoms with Crippen LogP contribution in [0.25, 0.3) is 0 Å². The number of rotatable bonds is 6. The molecule has 0 fully saturated rings. The molecular weight excluding hydrogens is 258 g/mol. The Balaban J connectivity index is 3.02. The normalized spacial score (nSPS) is 13.4. The van der Waals surface area contributed by atoms with Gasteiger partial charge in [-0.3, -0.25) is 0 Å². The van der Waals surface area contributed by atoms with Crippen molar-refractivity contribution in [2.75, 3.05) is 18.5 Å². The van der Waals surface area contributed by atoms with Crippen molar-refractivity contribution in [2.24, 2.45) is 0 Å². The van der Waals surface area contributed by atoms with Crippen LogP contribution in [0.4, 0.5) is 5.82 Å². The minimum Gasteiger partial charge on any atom is -0.395 e. The number of aromatic nitrogens is 2. The van der Waals surface area contributed by atoms with Gasteiger partial charge in [0.15, 0.2) is 0 Å². The Kier molecular flexibility index (Phi) is 6.07. The summed E-state index contributed by atoms with van der Waals surface area (Å²) in [4.78, 5) is 9.18. The molecular formula is C14H25N3OS. The molecule has 19 heavy (non-hydrogen) atoms. The summed E-state index contributed by atoms with van der Waals surface area (Å²) in [5, 5.41) is 13.5. The number of aliphatic hydroxyl groups is 1. The largest absolute Gasteiger partial charge is 0.395 e. The molecule has 0 aliphatic heterocycles. The van der Waals surface area contributed by atoms with Crippen molar-refractivity contribution in [3.05, 3.63) is 11.9 Å². The molecule has 1 atom stereocenters. The van der Waals surface area contributed by atoms with Crippen molar-refractivity contribution in [1.29, 1.82) is 0 Å². The van der Waals surface area contributed by atoms with Crippen LogP contribution >= 0.6 is 11.8 Å². The third kappa shape index (κ3) is 5.37. The van der Waals surface area contributed by atoms with Crippen LogP contribution in [0.15, 0.2) is 11.1 Å². The number of nitrogens with one attached hydrogen (secondary N) is 1. The fourth-order valence-electron chi connectivity index (χ4n) is 1.41. The minimum atomic E-state index is -0.0817. The molecule has 0 amide bonds. The molecule has 4 nitrogen and oxygen atoms in total. The maximum atomic E-state index is 9.16. The summed E-state index contributed by atoms with van der Waals surface area (Å²) in [7, 11) is 0. The maximum absolute atomic E-state index is 9.16. The lowest BCUT2D eigenvalue weighted by Gasteiger charge is -2.19. The molecule has 0 aromatic carbocycles. The van der Waals surface area contributed by atoms with Crippen LogP contribution in [0.1, 0.15) is 46.9 Å². The number of hydrogen-bond acceptors (Lipinski definition) is 5. The van der Waals surface area contributed by atoms with Crippen LogP contribution in [-0.4, -0.2) is 33.5 Å². The first kappa shape index (κ1) is 16.2. The van der Waals surface area contributed by atoms with Gasteiger partial charge < -0.3 is 10.4 Å². The fourth-order valence-corrected chi connectivity index (χ4v) is 2.21. The highest BCUT2D eigenvalue weighted by Gasteiger charge is 2.19. The zero-order valence-corrected chi connectivity index (χ0v) is 13.3. The molecule has 2 N–H and O–H groups in total. The van der Waals surface area contributed by atoms with E-state index in [1.165, 1.54) is 0 Å². The average molecular weight is 283 g/mol. The van der Waals surface area contributed by atoms with Gasteiger partial charge in [0, 0.05) is 23.3 Å². The van der Waals surface area contributed by atoms with Crippen LogP contribution in [0.2, 0.25) is 0 Å². The predicted octanol–water partition coefficient (Wildman–Crippen LogP) is 3.07. The summed E-state index contributed by atoms with van der Waals surface area (Å²) in [5.41, 5.74) is -0.0817. The number of aliphatic hydroxyl groups excluding tert-OH is 1. The lowest BCUT2D eigenvalue weighted by atomic mass is 9.96. The Labute approximate surface area is 120 Å². The number of nitrogens with zero attached hydrogens (tertiary/aromatic N) is 2. The van der Waals surface area contributed by atoms with Crippen molar-refractivity contribution in [3.8, 4) is 0 Å². The summed E-state index contributed by atoms with van der Waals surface area (Å²) in [6.07, 6.45) is 1.06. The van der Waals surface area contributed by atoms with Gasteiger partial charge in [-0.15, -0.1) is 11.8 Å². The van der Waals surface area contributed by atoms with E-state index in [9.17, 15) is 0 Å². The fraction of sp³-hybridized carbons (Fsp3) is 0.714. The van der Waals surface area contributed by atoms with Crippen molar-refractivity contribution >= 4 is 17.6 Å². The molecule has 5 heteroatoms. The average Bonchev–Trinajstić information content (AvgIpc) is 2.34. The van der Waals surface area contributed by atoms with Crippen molar-refractivity contribution < 1.29 is 5.11 Å². The molecule has 1 aromatic rings. The number of hydrogen-bond donors (Lipinski definition) is 2. The Morgan fingerprint density at radius 2 is 2.05 bits per heavy atom. The molecule has 108 valence electrons. The third-order valence-electron chi connectivity index (χ3n) is 2.51. The van der Waals surface area contributed by atoms with E-state index in [2.05, 4.69) is 43.0 Å². The monoisotopic (exact) mass is 283 g/mol. The van der Waals surface area contributed by atoms with Crippen LogP contribution in [0.5, 0.6) is 0 Å². The topological polar surface area (TPSA) is 58.0 Å². The van der Waals surface area contributed by atoms with Gasteiger partial charge >= 0.3 is 0 Å². The second kappa shape index (κ2) is 7.10. The van der Waals surface area contributed by atoms with Gasteiger partial charge in [-0.25, -0.2) is 9.97 Å². The van der Waals surface area contributed by atoms with Gasteiger partial charge in [0.25, 0.3) is 0 Å². The summed E-state index contributed by atoms with van der Waals surface area (Å²) in [5.74, 6) is 1.70. The SMILES string of the molecule is CCCNc1cc(SC(C)CO)nc(C(C)(C)C)n1. The molecule has 0 saturated carbocycles. The van der Waals surface area contributed by atoms with Crippen LogP contribution in [-0.2, 0) is 5.41 Å². The predicted molar refractivity (Wildman–Crippen MR) is 81.9 cm³/mol. The van der Waals surface area contributed by atoms with Gasteiger partial charge in [-0.05, 0) is 6.42 Å². The van der Waals surface area contributed by atoms with E-state index < -0.39 is 0 Å². The first-order valence-electron chi connectivity index (χ1n) is 6.77. The van der Waals surface area contributed by atoms with E-state index in [0.29, 0.717) is 0 Å². The lowest BCUT2D eigenvalue weighted by molar-refractivity contribution is 0.300. The van der Waals surface area contributed by atoms with Gasteiger partial charge in [0.05, 0.1) is 6.61 Å². The summed E-state index contributed by atoms with van der Waals surface area (Å²) < 4.78 is 0. The van der Waals surface area contributed by atoms with Gasteiger partial charge in [-0.1, -0.05) is 34.6 Å². The molecule has 0 bridgehead atoms. The van der Waals surface area contributed by atoms with E-state index in [0.717, 1.165) is 29.6 Å². The summed E-state index contributed by atoms with van der Waals surface area (Å²) >= 11 is 1.58. The lowest BCUT2D eigenvalue weighted by Crippen LogP contribution is -2.18. The van der Waals surface area contributed by atoms with Crippen molar-refractivity contribution in [1.82, 2.24) is 9.97 Å². The van der Waals surface area contributed by atoms with E-state index in [-0.39, 0.29) is 17.3 Å². The van der Waals surface area contributed by atoms with Crippen LogP contribution in [0.3, 0.4) is 0 Å². The highest BCUT2D eigenvalue weighted by atomic mass is 32.2. The second-order valence-electron chi connectivity index (χ2n) is 5.70. The van der Waals surface area contributed by atoms with Crippen LogP contribution in [0, 0.1) is 0 Å². The Morgan fingerprint density at radius 1 is 1.37 bits per heavy atom. The van der Waals surface area contributed by atoms with Crippen molar-refractivity contribution in [3.63, 3.8) is 0 Å². The molecule has 1 aromatic heterocycles. The molecule has 0 radical (unpaired) electrons. The zero-order valence-electron chi connectivity index (χ0n) is 12.5. The second-order valence-corrected chi connectivity index (χ2v) is 7.16. The van der Waals surface area contributed by atoms with Crippen LogP contribution < -0.4 is 5.32 Å². The first-order valence-corrected chi connectivity index (χ1v) is 7.65. The first-order chi connectivity index (χ1) is 8.86. The summed E-state index contributed by atoms with van der Waals surface area (Å²) in [6.45, 7) is 11.5. The molecule has 0 spiro atoms.